The van der Waals surface area contributed by atoms with Gasteiger partial charge in [0.1, 0.15) is 5.75 Å². The molecule has 1 fully saturated rings. The summed E-state index contributed by atoms with van der Waals surface area (Å²) >= 11 is 3.42. The molecule has 3 rings (SSSR count). The topological polar surface area (TPSA) is 109 Å². The smallest absolute Gasteiger partial charge is 0.329 e. The zero-order valence-electron chi connectivity index (χ0n) is 16.3. The maximum absolute atomic E-state index is 12.1. The summed E-state index contributed by atoms with van der Waals surface area (Å²) in [7, 11) is 0. The number of benzene rings is 2. The van der Waals surface area contributed by atoms with Crippen LogP contribution in [0.3, 0.4) is 0 Å². The van der Waals surface area contributed by atoms with Crippen LogP contribution in [0.5, 0.6) is 5.75 Å². The number of nitrogens with one attached hydrogen (secondary N) is 3. The average molecular weight is 473 g/mol. The number of rotatable bonds is 7. The van der Waals surface area contributed by atoms with Gasteiger partial charge in [-0.05, 0) is 61.2 Å². The molecule has 2 aromatic rings. The minimum Gasteiger partial charge on any atom is -0.484 e. The van der Waals surface area contributed by atoms with Gasteiger partial charge in [0.05, 0.1) is 6.21 Å². The molecule has 1 saturated carbocycles. The molecule has 2 aromatic carbocycles. The maximum Gasteiger partial charge on any atom is 0.329 e. The lowest BCUT2D eigenvalue weighted by atomic mass is 10.2. The van der Waals surface area contributed by atoms with Crippen molar-refractivity contribution in [1.82, 2.24) is 10.7 Å². The molecule has 8 nitrogen and oxygen atoms in total. The van der Waals surface area contributed by atoms with Gasteiger partial charge < -0.3 is 15.4 Å². The van der Waals surface area contributed by atoms with Gasteiger partial charge in [0, 0.05) is 16.2 Å². The van der Waals surface area contributed by atoms with Crippen molar-refractivity contribution in [2.75, 3.05) is 11.9 Å². The van der Waals surface area contributed by atoms with E-state index in [4.69, 9.17) is 4.74 Å². The third-order valence-electron chi connectivity index (χ3n) is 4.17. The van der Waals surface area contributed by atoms with E-state index in [9.17, 15) is 14.4 Å². The van der Waals surface area contributed by atoms with E-state index < -0.39 is 11.8 Å². The minimum atomic E-state index is -0.814. The molecule has 0 heterocycles. The first-order valence-corrected chi connectivity index (χ1v) is 10.1. The Hall–Kier alpha value is -3.20. The molecule has 0 bridgehead atoms. The van der Waals surface area contributed by atoms with Gasteiger partial charge in [-0.25, -0.2) is 5.43 Å². The molecule has 9 heteroatoms. The number of nitrogens with zero attached hydrogens (tertiary/aromatic N) is 1. The van der Waals surface area contributed by atoms with E-state index in [1.165, 1.54) is 6.21 Å². The summed E-state index contributed by atoms with van der Waals surface area (Å²) in [5.41, 5.74) is 4.52. The highest BCUT2D eigenvalue weighted by Gasteiger charge is 2.26. The normalized spacial score (nSPS) is 13.0. The van der Waals surface area contributed by atoms with Gasteiger partial charge in [0.25, 0.3) is 5.91 Å². The second-order valence-electron chi connectivity index (χ2n) is 6.82. The van der Waals surface area contributed by atoms with Crippen molar-refractivity contribution >= 4 is 45.6 Å². The molecule has 156 valence electrons. The highest BCUT2D eigenvalue weighted by Crippen LogP contribution is 2.20. The quantitative estimate of drug-likeness (QED) is 0.326. The number of aryl methyl sites for hydroxylation is 1. The van der Waals surface area contributed by atoms with Crippen LogP contribution in [0.25, 0.3) is 0 Å². The van der Waals surface area contributed by atoms with Crippen LogP contribution in [-0.2, 0) is 14.4 Å². The number of halogens is 1. The molecule has 0 aromatic heterocycles. The molecule has 0 saturated heterocycles. The number of anilines is 1. The van der Waals surface area contributed by atoms with Gasteiger partial charge in [-0.1, -0.05) is 28.1 Å². The summed E-state index contributed by atoms with van der Waals surface area (Å²) in [6.45, 7) is 1.78. The minimum absolute atomic E-state index is 0.103. The van der Waals surface area contributed by atoms with Crippen molar-refractivity contribution < 1.29 is 19.1 Å². The number of hydrogen-bond acceptors (Lipinski definition) is 5. The number of carbonyl (C=O) groups excluding carboxylic acids is 3. The molecule has 0 spiro atoms. The van der Waals surface area contributed by atoms with Crippen LogP contribution >= 0.6 is 15.9 Å². The summed E-state index contributed by atoms with van der Waals surface area (Å²) in [4.78, 5) is 35.3. The van der Waals surface area contributed by atoms with E-state index in [0.29, 0.717) is 17.0 Å². The molecule has 1 aliphatic rings. The van der Waals surface area contributed by atoms with E-state index in [1.807, 2.05) is 19.1 Å². The lowest BCUT2D eigenvalue weighted by Crippen LogP contribution is -2.38. The largest absolute Gasteiger partial charge is 0.484 e. The zero-order valence-corrected chi connectivity index (χ0v) is 17.9. The van der Waals surface area contributed by atoms with Crippen molar-refractivity contribution in [3.8, 4) is 5.75 Å². The van der Waals surface area contributed by atoms with E-state index in [0.717, 1.165) is 22.9 Å². The molecule has 3 amide bonds. The first-order valence-electron chi connectivity index (χ1n) is 9.33. The second-order valence-corrected chi connectivity index (χ2v) is 7.67. The van der Waals surface area contributed by atoms with Gasteiger partial charge in [-0.3, -0.25) is 14.4 Å². The van der Waals surface area contributed by atoms with Crippen molar-refractivity contribution in [2.24, 2.45) is 5.10 Å². The summed E-state index contributed by atoms with van der Waals surface area (Å²) in [6, 6.07) is 12.5. The third-order valence-corrected chi connectivity index (χ3v) is 5.06. The fraction of sp³-hybridized carbons (Fsp3) is 0.238. The average Bonchev–Trinajstić information content (AvgIpc) is 3.53. The predicted octanol–water partition coefficient (Wildman–Crippen LogP) is 2.50. The van der Waals surface area contributed by atoms with Crippen molar-refractivity contribution in [3.63, 3.8) is 0 Å². The van der Waals surface area contributed by atoms with E-state index >= 15 is 0 Å². The van der Waals surface area contributed by atoms with Crippen LogP contribution in [0.4, 0.5) is 5.69 Å². The number of hydrazone groups is 1. The van der Waals surface area contributed by atoms with Crippen molar-refractivity contribution in [1.29, 1.82) is 0 Å². The SMILES string of the molecule is Cc1cc(NC(=O)COc2cccc(/C=N\NC(=O)C(=O)NC3CC3)c2)ccc1Br. The summed E-state index contributed by atoms with van der Waals surface area (Å²) in [5, 5.41) is 9.12. The third kappa shape index (κ3) is 6.70. The van der Waals surface area contributed by atoms with Crippen molar-refractivity contribution in [3.05, 3.63) is 58.1 Å². The summed E-state index contributed by atoms with van der Waals surface area (Å²) in [6.07, 6.45) is 3.19. The fourth-order valence-electron chi connectivity index (χ4n) is 2.45. The van der Waals surface area contributed by atoms with E-state index in [-0.39, 0.29) is 18.6 Å². The Bertz CT molecular complexity index is 989. The standard InChI is InChI=1S/C21H21BrN4O4/c1-13-9-16(7-8-18(13)22)24-19(27)12-30-17-4-2-3-14(10-17)11-23-26-21(29)20(28)25-15-5-6-15/h2-4,7-11,15H,5-6,12H2,1H3,(H,24,27)(H,25,28)(H,26,29)/b23-11-. The highest BCUT2D eigenvalue weighted by atomic mass is 79.9. The predicted molar refractivity (Wildman–Crippen MR) is 116 cm³/mol. The van der Waals surface area contributed by atoms with Gasteiger partial charge in [0.15, 0.2) is 6.61 Å². The van der Waals surface area contributed by atoms with Gasteiger partial charge in [-0.2, -0.15) is 5.10 Å². The van der Waals surface area contributed by atoms with E-state index in [1.54, 1.807) is 30.3 Å². The molecule has 0 unspecified atom stereocenters. The lowest BCUT2D eigenvalue weighted by molar-refractivity contribution is -0.139. The van der Waals surface area contributed by atoms with Gasteiger partial charge in [0.2, 0.25) is 0 Å². The Labute approximate surface area is 182 Å². The number of hydrogen-bond donors (Lipinski definition) is 3. The van der Waals surface area contributed by atoms with Crippen LogP contribution < -0.4 is 20.8 Å². The van der Waals surface area contributed by atoms with Crippen LogP contribution in [0.1, 0.15) is 24.0 Å². The molecule has 0 radical (unpaired) electrons. The summed E-state index contributed by atoms with van der Waals surface area (Å²) in [5.74, 6) is -1.33. The van der Waals surface area contributed by atoms with Crippen LogP contribution in [-0.4, -0.2) is 36.6 Å². The Morgan fingerprint density at radius 1 is 1.17 bits per heavy atom. The molecule has 30 heavy (non-hydrogen) atoms. The fourth-order valence-corrected chi connectivity index (χ4v) is 2.69. The first kappa shape index (κ1) is 21.5. The Morgan fingerprint density at radius 2 is 1.97 bits per heavy atom. The highest BCUT2D eigenvalue weighted by molar-refractivity contribution is 9.10. The molecule has 0 aliphatic heterocycles. The van der Waals surface area contributed by atoms with Gasteiger partial charge in [-0.15, -0.1) is 0 Å². The van der Waals surface area contributed by atoms with Crippen molar-refractivity contribution in [2.45, 2.75) is 25.8 Å². The second kappa shape index (κ2) is 10.0. The summed E-state index contributed by atoms with van der Waals surface area (Å²) < 4.78 is 6.48. The number of carbonyl (C=O) groups is 3. The maximum atomic E-state index is 12.1. The monoisotopic (exact) mass is 472 g/mol. The lowest BCUT2D eigenvalue weighted by Gasteiger charge is -2.09. The zero-order chi connectivity index (χ0) is 21.5. The molecule has 0 atom stereocenters. The Morgan fingerprint density at radius 3 is 2.70 bits per heavy atom. The molecular weight excluding hydrogens is 452 g/mol. The van der Waals surface area contributed by atoms with E-state index in [2.05, 4.69) is 37.1 Å². The van der Waals surface area contributed by atoms with Crippen LogP contribution in [0.2, 0.25) is 0 Å². The molecule has 1 aliphatic carbocycles. The van der Waals surface area contributed by atoms with Crippen LogP contribution in [0.15, 0.2) is 52.0 Å². The molecular formula is C21H21BrN4O4. The van der Waals surface area contributed by atoms with Crippen LogP contribution in [0, 0.1) is 6.92 Å². The first-order chi connectivity index (χ1) is 14.4. The Balaban J connectivity index is 1.47. The Kier molecular flexibility index (Phi) is 7.18. The van der Waals surface area contributed by atoms with Gasteiger partial charge >= 0.3 is 11.8 Å². The number of amides is 3. The molecule has 3 N–H and O–H groups in total. The number of ether oxygens (including phenoxy) is 1.